The molecule has 1 saturated heterocycles. The molecular weight excluding hydrogens is 386 g/mol. The Balaban J connectivity index is 1.57. The van der Waals surface area contributed by atoms with Gasteiger partial charge in [0.1, 0.15) is 17.3 Å². The monoisotopic (exact) mass is 415 g/mol. The van der Waals surface area contributed by atoms with Crippen LogP contribution in [0.2, 0.25) is 0 Å². The predicted octanol–water partition coefficient (Wildman–Crippen LogP) is 1.82. The number of hydrogen-bond acceptors (Lipinski definition) is 6. The lowest BCUT2D eigenvalue weighted by molar-refractivity contribution is -0.120. The fourth-order valence-electron chi connectivity index (χ4n) is 3.56. The minimum absolute atomic E-state index is 0.0122. The second-order valence-electron chi connectivity index (χ2n) is 7.25. The normalized spacial score (nSPS) is 15.4. The number of morpholine rings is 1. The Morgan fingerprint density at radius 3 is 2.43 bits per heavy atom. The number of hydrogen-bond donors (Lipinski definition) is 2. The summed E-state index contributed by atoms with van der Waals surface area (Å²) in [5, 5.41) is 5.59. The van der Waals surface area contributed by atoms with Gasteiger partial charge in [-0.2, -0.15) is 0 Å². The van der Waals surface area contributed by atoms with Gasteiger partial charge in [-0.15, -0.1) is 0 Å². The van der Waals surface area contributed by atoms with Crippen molar-refractivity contribution in [2.45, 2.75) is 19.9 Å². The number of nitrogens with zero attached hydrogens (tertiary/aromatic N) is 1. The molecule has 1 fully saturated rings. The SMILES string of the molecule is COc1ccc(C(CNC(=O)CNC(=O)c2cc(C)oc2C)N2CCOCC2)cc1. The fourth-order valence-corrected chi connectivity index (χ4v) is 3.56. The second kappa shape index (κ2) is 10.3. The summed E-state index contributed by atoms with van der Waals surface area (Å²) in [5.74, 6) is 1.43. The predicted molar refractivity (Wildman–Crippen MR) is 112 cm³/mol. The Kier molecular flexibility index (Phi) is 7.48. The molecular formula is C22H29N3O5. The number of carbonyl (C=O) groups excluding carboxylic acids is 2. The van der Waals surface area contributed by atoms with Gasteiger partial charge in [-0.3, -0.25) is 14.5 Å². The van der Waals surface area contributed by atoms with Crippen LogP contribution in [0.4, 0.5) is 0 Å². The van der Waals surface area contributed by atoms with Crippen LogP contribution in [-0.4, -0.2) is 63.2 Å². The third-order valence-electron chi connectivity index (χ3n) is 5.17. The molecule has 0 radical (unpaired) electrons. The van der Waals surface area contributed by atoms with Gasteiger partial charge < -0.3 is 24.5 Å². The molecule has 2 heterocycles. The van der Waals surface area contributed by atoms with Crippen molar-refractivity contribution in [3.63, 3.8) is 0 Å². The molecule has 0 saturated carbocycles. The summed E-state index contributed by atoms with van der Waals surface area (Å²) in [4.78, 5) is 26.9. The van der Waals surface area contributed by atoms with Gasteiger partial charge in [-0.1, -0.05) is 12.1 Å². The average Bonchev–Trinajstić information content (AvgIpc) is 3.11. The van der Waals surface area contributed by atoms with E-state index in [0.717, 1.165) is 24.4 Å². The van der Waals surface area contributed by atoms with Crippen LogP contribution in [0.1, 0.15) is 33.5 Å². The maximum atomic E-state index is 12.4. The molecule has 8 heteroatoms. The van der Waals surface area contributed by atoms with Gasteiger partial charge in [0.05, 0.1) is 38.5 Å². The summed E-state index contributed by atoms with van der Waals surface area (Å²) in [7, 11) is 1.63. The maximum absolute atomic E-state index is 12.4. The van der Waals surface area contributed by atoms with E-state index in [1.54, 1.807) is 27.0 Å². The van der Waals surface area contributed by atoms with E-state index in [1.165, 1.54) is 0 Å². The van der Waals surface area contributed by atoms with E-state index in [2.05, 4.69) is 15.5 Å². The highest BCUT2D eigenvalue weighted by Crippen LogP contribution is 2.23. The highest BCUT2D eigenvalue weighted by molar-refractivity contribution is 5.97. The third-order valence-corrected chi connectivity index (χ3v) is 5.17. The van der Waals surface area contributed by atoms with Crippen LogP contribution in [0.5, 0.6) is 5.75 Å². The molecule has 2 amide bonds. The van der Waals surface area contributed by atoms with Crippen molar-refractivity contribution in [1.29, 1.82) is 0 Å². The molecule has 1 aliphatic heterocycles. The van der Waals surface area contributed by atoms with Gasteiger partial charge in [0.25, 0.3) is 5.91 Å². The topological polar surface area (TPSA) is 93.0 Å². The van der Waals surface area contributed by atoms with Crippen molar-refractivity contribution in [3.05, 3.63) is 53.0 Å². The van der Waals surface area contributed by atoms with Crippen molar-refractivity contribution >= 4 is 11.8 Å². The first-order chi connectivity index (χ1) is 14.5. The molecule has 162 valence electrons. The van der Waals surface area contributed by atoms with E-state index >= 15 is 0 Å². The minimum atomic E-state index is -0.320. The maximum Gasteiger partial charge on any atom is 0.255 e. The molecule has 0 aliphatic carbocycles. The highest BCUT2D eigenvalue weighted by atomic mass is 16.5. The van der Waals surface area contributed by atoms with E-state index < -0.39 is 0 Å². The first kappa shape index (κ1) is 21.9. The van der Waals surface area contributed by atoms with Crippen LogP contribution in [0.15, 0.2) is 34.7 Å². The lowest BCUT2D eigenvalue weighted by Crippen LogP contribution is -2.45. The quantitative estimate of drug-likeness (QED) is 0.683. The first-order valence-corrected chi connectivity index (χ1v) is 10.1. The van der Waals surface area contributed by atoms with Gasteiger partial charge in [-0.25, -0.2) is 0 Å². The van der Waals surface area contributed by atoms with E-state index in [9.17, 15) is 9.59 Å². The van der Waals surface area contributed by atoms with Crippen molar-refractivity contribution in [2.75, 3.05) is 46.5 Å². The van der Waals surface area contributed by atoms with Crippen LogP contribution in [0.3, 0.4) is 0 Å². The summed E-state index contributed by atoms with van der Waals surface area (Å²) in [6, 6.07) is 9.53. The van der Waals surface area contributed by atoms with Crippen molar-refractivity contribution in [3.8, 4) is 5.75 Å². The number of methoxy groups -OCH3 is 1. The standard InChI is InChI=1S/C22H29N3O5/c1-15-12-19(16(2)30-15)22(27)24-14-21(26)23-13-20(25-8-10-29-11-9-25)17-4-6-18(28-3)7-5-17/h4-7,12,20H,8-11,13-14H2,1-3H3,(H,23,26)(H,24,27). The summed E-state index contributed by atoms with van der Waals surface area (Å²) in [6.45, 7) is 6.77. The molecule has 3 rings (SSSR count). The largest absolute Gasteiger partial charge is 0.497 e. The molecule has 8 nitrogen and oxygen atoms in total. The zero-order valence-electron chi connectivity index (χ0n) is 17.7. The summed E-state index contributed by atoms with van der Waals surface area (Å²) in [5.41, 5.74) is 1.54. The molecule has 0 spiro atoms. The number of amides is 2. The number of nitrogens with one attached hydrogen (secondary N) is 2. The Morgan fingerprint density at radius 1 is 1.13 bits per heavy atom. The van der Waals surface area contributed by atoms with Crippen molar-refractivity contribution in [1.82, 2.24) is 15.5 Å². The van der Waals surface area contributed by atoms with Gasteiger partial charge in [0.15, 0.2) is 0 Å². The van der Waals surface area contributed by atoms with Crippen LogP contribution in [0, 0.1) is 13.8 Å². The first-order valence-electron chi connectivity index (χ1n) is 10.1. The molecule has 1 aromatic heterocycles. The summed E-state index contributed by atoms with van der Waals surface area (Å²) >= 11 is 0. The van der Waals surface area contributed by atoms with E-state index in [1.807, 2.05) is 24.3 Å². The van der Waals surface area contributed by atoms with Crippen molar-refractivity contribution < 1.29 is 23.5 Å². The Bertz CT molecular complexity index is 856. The molecule has 1 unspecified atom stereocenters. The smallest absolute Gasteiger partial charge is 0.255 e. The fraction of sp³-hybridized carbons (Fsp3) is 0.455. The molecule has 30 heavy (non-hydrogen) atoms. The number of rotatable bonds is 8. The number of aryl methyl sites for hydroxylation is 2. The Labute approximate surface area is 176 Å². The van der Waals surface area contributed by atoms with E-state index in [4.69, 9.17) is 13.9 Å². The van der Waals surface area contributed by atoms with Crippen LogP contribution < -0.4 is 15.4 Å². The summed E-state index contributed by atoms with van der Waals surface area (Å²) in [6.07, 6.45) is 0. The lowest BCUT2D eigenvalue weighted by atomic mass is 10.0. The van der Waals surface area contributed by atoms with Crippen LogP contribution >= 0.6 is 0 Å². The number of furan rings is 1. The molecule has 1 atom stereocenters. The van der Waals surface area contributed by atoms with Gasteiger partial charge in [0.2, 0.25) is 5.91 Å². The number of carbonyl (C=O) groups is 2. The zero-order chi connectivity index (χ0) is 21.5. The molecule has 2 aromatic rings. The van der Waals surface area contributed by atoms with E-state index in [0.29, 0.717) is 36.8 Å². The van der Waals surface area contributed by atoms with Crippen LogP contribution in [0.25, 0.3) is 0 Å². The third kappa shape index (κ3) is 5.61. The second-order valence-corrected chi connectivity index (χ2v) is 7.25. The highest BCUT2D eigenvalue weighted by Gasteiger charge is 2.23. The zero-order valence-corrected chi connectivity index (χ0v) is 17.7. The summed E-state index contributed by atoms with van der Waals surface area (Å²) < 4.78 is 16.1. The molecule has 0 bridgehead atoms. The number of benzene rings is 1. The molecule has 2 N–H and O–H groups in total. The Morgan fingerprint density at radius 2 is 1.83 bits per heavy atom. The average molecular weight is 415 g/mol. The van der Waals surface area contributed by atoms with Crippen molar-refractivity contribution in [2.24, 2.45) is 0 Å². The van der Waals surface area contributed by atoms with Crippen LogP contribution in [-0.2, 0) is 9.53 Å². The molecule has 1 aliphatic rings. The minimum Gasteiger partial charge on any atom is -0.497 e. The van der Waals surface area contributed by atoms with Gasteiger partial charge >= 0.3 is 0 Å². The lowest BCUT2D eigenvalue weighted by Gasteiger charge is -2.35. The number of ether oxygens (including phenoxy) is 2. The van der Waals surface area contributed by atoms with E-state index in [-0.39, 0.29) is 24.4 Å². The molecule has 1 aromatic carbocycles. The van der Waals surface area contributed by atoms with Gasteiger partial charge in [0, 0.05) is 19.6 Å². The van der Waals surface area contributed by atoms with Gasteiger partial charge in [-0.05, 0) is 37.6 Å². The Hall–Kier alpha value is -2.84.